The third-order valence-corrected chi connectivity index (χ3v) is 6.63. The van der Waals surface area contributed by atoms with E-state index in [2.05, 4.69) is 41.3 Å². The Balaban J connectivity index is 1.77. The molecule has 1 aliphatic carbocycles. The highest BCUT2D eigenvalue weighted by atomic mass is 16.5. The normalized spacial score (nSPS) is 28.1. The number of likely N-dealkylation sites (tertiary alicyclic amines) is 1. The lowest BCUT2D eigenvalue weighted by atomic mass is 9.65. The van der Waals surface area contributed by atoms with Crippen LogP contribution in [0.25, 0.3) is 0 Å². The lowest BCUT2D eigenvalue weighted by Crippen LogP contribution is -2.52. The zero-order valence-corrected chi connectivity index (χ0v) is 17.8. The van der Waals surface area contributed by atoms with Crippen LogP contribution in [-0.2, 0) is 5.41 Å². The van der Waals surface area contributed by atoms with E-state index in [-0.39, 0.29) is 5.41 Å². The first-order valence-corrected chi connectivity index (χ1v) is 10.5. The number of guanidine groups is 1. The molecule has 1 saturated carbocycles. The number of fused-ring (bicyclic) bond motifs is 1. The highest BCUT2D eigenvalue weighted by Gasteiger charge is 2.50. The molecule has 0 amide bonds. The molecular formula is C22H36N4O2. The molecule has 1 aliphatic heterocycles. The van der Waals surface area contributed by atoms with E-state index in [0.717, 1.165) is 56.7 Å². The number of hydrogen-bond donors (Lipinski definition) is 2. The van der Waals surface area contributed by atoms with Crippen LogP contribution in [-0.4, -0.2) is 57.3 Å². The average Bonchev–Trinajstić information content (AvgIpc) is 3.05. The number of nitrogens with two attached hydrogens (primary N) is 1. The van der Waals surface area contributed by atoms with Gasteiger partial charge in [0.2, 0.25) is 0 Å². The predicted octanol–water partition coefficient (Wildman–Crippen LogP) is 2.90. The number of unbranched alkanes of at least 4 members (excludes halogenated alkanes) is 1. The molecule has 156 valence electrons. The Morgan fingerprint density at radius 1 is 1.29 bits per heavy atom. The van der Waals surface area contributed by atoms with Gasteiger partial charge in [-0.1, -0.05) is 19.4 Å². The van der Waals surface area contributed by atoms with Gasteiger partial charge in [-0.2, -0.15) is 0 Å². The SMILES string of the molecule is CCCCN=C(N)N[C@@H]1CC[C@@]2(c3ccc(OC)c(OC)c3)CCN(C)[C@@H]2C1. The van der Waals surface area contributed by atoms with Crippen LogP contribution in [0, 0.1) is 0 Å². The van der Waals surface area contributed by atoms with E-state index in [1.807, 2.05) is 6.07 Å². The lowest BCUT2D eigenvalue weighted by Gasteiger charge is -2.45. The fourth-order valence-electron chi connectivity index (χ4n) is 5.01. The quantitative estimate of drug-likeness (QED) is 0.427. The van der Waals surface area contributed by atoms with Crippen molar-refractivity contribution < 1.29 is 9.47 Å². The standard InChI is InChI=1S/C22H36N4O2/c1-5-6-12-24-21(23)25-17-9-10-22(11-13-26(2)20(22)15-17)16-7-8-18(27-3)19(14-16)28-4/h7-8,14,17,20H,5-6,9-13,15H2,1-4H3,(H3,23,24,25)/t17-,20-,22+/m1/s1. The van der Waals surface area contributed by atoms with Gasteiger partial charge in [0.25, 0.3) is 0 Å². The minimum Gasteiger partial charge on any atom is -0.493 e. The van der Waals surface area contributed by atoms with E-state index in [1.165, 1.54) is 12.0 Å². The smallest absolute Gasteiger partial charge is 0.188 e. The van der Waals surface area contributed by atoms with E-state index in [1.54, 1.807) is 14.2 Å². The predicted molar refractivity (Wildman–Crippen MR) is 114 cm³/mol. The van der Waals surface area contributed by atoms with Crippen LogP contribution in [0.15, 0.2) is 23.2 Å². The van der Waals surface area contributed by atoms with Gasteiger partial charge >= 0.3 is 0 Å². The minimum absolute atomic E-state index is 0.167. The summed E-state index contributed by atoms with van der Waals surface area (Å²) < 4.78 is 11.0. The van der Waals surface area contributed by atoms with Gasteiger partial charge in [0.15, 0.2) is 17.5 Å². The number of nitrogens with one attached hydrogen (secondary N) is 1. The maximum atomic E-state index is 6.13. The van der Waals surface area contributed by atoms with Crippen LogP contribution in [0.2, 0.25) is 0 Å². The Bertz CT molecular complexity index is 693. The molecule has 3 atom stereocenters. The van der Waals surface area contributed by atoms with Crippen molar-refractivity contribution in [2.75, 3.05) is 34.4 Å². The largest absolute Gasteiger partial charge is 0.493 e. The molecule has 3 N–H and O–H groups in total. The zero-order valence-electron chi connectivity index (χ0n) is 17.8. The first-order chi connectivity index (χ1) is 13.5. The molecule has 0 aromatic heterocycles. The highest BCUT2D eigenvalue weighted by molar-refractivity contribution is 5.78. The number of hydrogen-bond acceptors (Lipinski definition) is 4. The molecule has 1 aromatic carbocycles. The first-order valence-electron chi connectivity index (χ1n) is 10.5. The Morgan fingerprint density at radius 2 is 2.07 bits per heavy atom. The molecule has 2 aliphatic rings. The number of likely N-dealkylation sites (N-methyl/N-ethyl adjacent to an activating group) is 1. The van der Waals surface area contributed by atoms with Crippen LogP contribution in [0.1, 0.15) is 51.0 Å². The third-order valence-electron chi connectivity index (χ3n) is 6.63. The van der Waals surface area contributed by atoms with Crippen LogP contribution in [0.4, 0.5) is 0 Å². The highest BCUT2D eigenvalue weighted by Crippen LogP contribution is 2.49. The van der Waals surface area contributed by atoms with Gasteiger partial charge in [0.1, 0.15) is 0 Å². The van der Waals surface area contributed by atoms with E-state index < -0.39 is 0 Å². The van der Waals surface area contributed by atoms with Crippen molar-refractivity contribution in [2.45, 2.75) is 62.9 Å². The van der Waals surface area contributed by atoms with Gasteiger partial charge in [-0.15, -0.1) is 0 Å². The van der Waals surface area contributed by atoms with Gasteiger partial charge in [-0.25, -0.2) is 0 Å². The summed E-state index contributed by atoms with van der Waals surface area (Å²) in [6.07, 6.45) is 6.72. The number of methoxy groups -OCH3 is 2. The summed E-state index contributed by atoms with van der Waals surface area (Å²) >= 11 is 0. The number of ether oxygens (including phenoxy) is 2. The molecule has 2 fully saturated rings. The summed E-state index contributed by atoms with van der Waals surface area (Å²) in [5.41, 5.74) is 7.66. The fraction of sp³-hybridized carbons (Fsp3) is 0.682. The molecule has 28 heavy (non-hydrogen) atoms. The van der Waals surface area contributed by atoms with Crippen LogP contribution in [0.5, 0.6) is 11.5 Å². The summed E-state index contributed by atoms with van der Waals surface area (Å²) in [6.45, 7) is 4.09. The molecular weight excluding hydrogens is 352 g/mol. The molecule has 0 unspecified atom stereocenters. The molecule has 0 radical (unpaired) electrons. The van der Waals surface area contributed by atoms with Crippen LogP contribution in [0.3, 0.4) is 0 Å². The van der Waals surface area contributed by atoms with Gasteiger partial charge < -0.3 is 25.4 Å². The molecule has 6 heteroatoms. The summed E-state index contributed by atoms with van der Waals surface area (Å²) in [4.78, 5) is 6.98. The molecule has 3 rings (SSSR count). The number of aliphatic imine (C=N–C) groups is 1. The van der Waals surface area contributed by atoms with Crippen molar-refractivity contribution in [3.8, 4) is 11.5 Å². The zero-order chi connectivity index (χ0) is 20.1. The summed E-state index contributed by atoms with van der Waals surface area (Å²) in [5.74, 6) is 2.20. The van der Waals surface area contributed by atoms with Gasteiger partial charge in [0.05, 0.1) is 14.2 Å². The average molecular weight is 389 g/mol. The van der Waals surface area contributed by atoms with E-state index in [4.69, 9.17) is 15.2 Å². The third kappa shape index (κ3) is 4.07. The fourth-order valence-corrected chi connectivity index (χ4v) is 5.01. The van der Waals surface area contributed by atoms with E-state index in [9.17, 15) is 0 Å². The lowest BCUT2D eigenvalue weighted by molar-refractivity contribution is 0.161. The summed E-state index contributed by atoms with van der Waals surface area (Å²) in [7, 11) is 5.64. The van der Waals surface area contributed by atoms with Gasteiger partial charge in [-0.3, -0.25) is 4.99 Å². The molecule has 1 saturated heterocycles. The molecule has 1 aromatic rings. The van der Waals surface area contributed by atoms with Crippen LogP contribution < -0.4 is 20.5 Å². The molecule has 0 spiro atoms. The minimum atomic E-state index is 0.167. The van der Waals surface area contributed by atoms with Crippen molar-refractivity contribution in [3.05, 3.63) is 23.8 Å². The molecule has 0 bridgehead atoms. The van der Waals surface area contributed by atoms with Gasteiger partial charge in [0, 0.05) is 24.0 Å². The maximum absolute atomic E-state index is 6.13. The molecule has 1 heterocycles. The maximum Gasteiger partial charge on any atom is 0.188 e. The Labute approximate surface area is 169 Å². The van der Waals surface area contributed by atoms with Crippen LogP contribution >= 0.6 is 0 Å². The second-order valence-electron chi connectivity index (χ2n) is 8.21. The first kappa shape index (κ1) is 20.8. The number of nitrogens with zero attached hydrogens (tertiary/aromatic N) is 2. The number of benzene rings is 1. The Kier molecular flexibility index (Phi) is 6.70. The van der Waals surface area contributed by atoms with Crippen molar-refractivity contribution in [1.82, 2.24) is 10.2 Å². The Hall–Kier alpha value is -1.95. The van der Waals surface area contributed by atoms with E-state index in [0.29, 0.717) is 18.0 Å². The van der Waals surface area contributed by atoms with Crippen molar-refractivity contribution in [1.29, 1.82) is 0 Å². The second kappa shape index (κ2) is 9.03. The summed E-state index contributed by atoms with van der Waals surface area (Å²) in [6, 6.07) is 7.31. The molecule has 6 nitrogen and oxygen atoms in total. The summed E-state index contributed by atoms with van der Waals surface area (Å²) in [5, 5.41) is 3.48. The van der Waals surface area contributed by atoms with Crippen molar-refractivity contribution >= 4 is 5.96 Å². The second-order valence-corrected chi connectivity index (χ2v) is 8.21. The number of rotatable bonds is 7. The Morgan fingerprint density at radius 3 is 2.79 bits per heavy atom. The van der Waals surface area contributed by atoms with Gasteiger partial charge in [-0.05, 0) is 63.4 Å². The monoisotopic (exact) mass is 388 g/mol. The van der Waals surface area contributed by atoms with Crippen molar-refractivity contribution in [3.63, 3.8) is 0 Å². The van der Waals surface area contributed by atoms with Crippen molar-refractivity contribution in [2.24, 2.45) is 10.7 Å². The van der Waals surface area contributed by atoms with E-state index >= 15 is 0 Å². The topological polar surface area (TPSA) is 72.1 Å².